The lowest BCUT2D eigenvalue weighted by Crippen LogP contribution is -1.87. The van der Waals surface area contributed by atoms with E-state index in [1.54, 1.807) is 6.92 Å². The van der Waals surface area contributed by atoms with Gasteiger partial charge in [-0.2, -0.15) is 0 Å². The summed E-state index contributed by atoms with van der Waals surface area (Å²) in [4.78, 5) is 19.1. The summed E-state index contributed by atoms with van der Waals surface area (Å²) >= 11 is 0. The Morgan fingerprint density at radius 2 is 1.67 bits per heavy atom. The molecule has 0 aliphatic rings. The Hall–Kier alpha value is -1.40. The van der Waals surface area contributed by atoms with Crippen molar-refractivity contribution in [2.75, 3.05) is 13.2 Å². The van der Waals surface area contributed by atoms with Crippen molar-refractivity contribution in [1.82, 2.24) is 0 Å². The van der Waals surface area contributed by atoms with Gasteiger partial charge in [0.2, 0.25) is 0 Å². The summed E-state index contributed by atoms with van der Waals surface area (Å²) in [5.74, 6) is -1.07. The molecule has 0 aliphatic carbocycles. The molecule has 0 radical (unpaired) electrons. The predicted molar refractivity (Wildman–Crippen MR) is 54.1 cm³/mol. The Balaban J connectivity index is -0.000000147. The molecule has 3 N–H and O–H groups in total. The number of aliphatic hydroxyl groups is 2. The fraction of sp³-hybridized carbons (Fsp3) is 0.556. The van der Waals surface area contributed by atoms with Gasteiger partial charge in [0.1, 0.15) is 0 Å². The number of aliphatic hydroxyl groups excluding tert-OH is 2. The Kier molecular flexibility index (Phi) is 23.6. The minimum Gasteiger partial charge on any atom is -0.481 e. The zero-order valence-corrected chi connectivity index (χ0v) is 8.97. The van der Waals surface area contributed by atoms with Crippen molar-refractivity contribution in [3.63, 3.8) is 0 Å². The van der Waals surface area contributed by atoms with Crippen LogP contribution < -0.4 is 0 Å². The lowest BCUT2D eigenvalue weighted by atomic mass is 10.5. The van der Waals surface area contributed by atoms with Crippen LogP contribution in [0.5, 0.6) is 0 Å². The van der Waals surface area contributed by atoms with E-state index in [-0.39, 0.29) is 25.6 Å². The number of carboxylic acid groups (broad SMARTS) is 1. The molecule has 0 saturated carbocycles. The van der Waals surface area contributed by atoms with Gasteiger partial charge in [0, 0.05) is 13.3 Å². The van der Waals surface area contributed by atoms with Crippen LogP contribution >= 0.6 is 0 Å². The second kappa shape index (κ2) is 18.4. The van der Waals surface area contributed by atoms with Crippen molar-refractivity contribution in [3.8, 4) is 0 Å². The van der Waals surface area contributed by atoms with Crippen LogP contribution in [-0.4, -0.2) is 40.5 Å². The fourth-order valence-corrected chi connectivity index (χ4v) is 0.117. The first-order valence-corrected chi connectivity index (χ1v) is 4.17. The predicted octanol–water partition coefficient (Wildman–Crippen LogP) is 0.145. The maximum Gasteiger partial charge on any atom is 0.307 e. The molecular formula is C9H18O6. The SMILES string of the molecule is C=COC(C)=O.CCC(=O)O.OCCO. The van der Waals surface area contributed by atoms with Crippen LogP contribution in [0, 0.1) is 0 Å². The number of carboxylic acids is 1. The zero-order valence-electron chi connectivity index (χ0n) is 8.97. The van der Waals surface area contributed by atoms with Crippen LogP contribution in [0.1, 0.15) is 20.3 Å². The minimum atomic E-state index is -0.745. The van der Waals surface area contributed by atoms with E-state index >= 15 is 0 Å². The summed E-state index contributed by atoms with van der Waals surface area (Å²) in [7, 11) is 0. The van der Waals surface area contributed by atoms with E-state index in [0.29, 0.717) is 0 Å². The number of hydrogen-bond acceptors (Lipinski definition) is 5. The lowest BCUT2D eigenvalue weighted by molar-refractivity contribution is -0.137. The maximum atomic E-state index is 9.75. The van der Waals surface area contributed by atoms with Gasteiger partial charge in [-0.15, -0.1) is 0 Å². The molecule has 0 saturated heterocycles. The van der Waals surface area contributed by atoms with E-state index in [0.717, 1.165) is 6.26 Å². The van der Waals surface area contributed by atoms with Gasteiger partial charge >= 0.3 is 11.9 Å². The van der Waals surface area contributed by atoms with E-state index < -0.39 is 5.97 Å². The fourth-order valence-electron chi connectivity index (χ4n) is 0.117. The van der Waals surface area contributed by atoms with Gasteiger partial charge in [0.05, 0.1) is 19.5 Å². The summed E-state index contributed by atoms with van der Waals surface area (Å²) in [6.45, 7) is 5.83. The van der Waals surface area contributed by atoms with E-state index in [1.165, 1.54) is 6.92 Å². The molecule has 0 rings (SSSR count). The van der Waals surface area contributed by atoms with Gasteiger partial charge < -0.3 is 20.1 Å². The standard InChI is InChI=1S/C4H6O2.C3H6O2.C2H6O2/c1-3-6-4(2)5;1-2-3(4)5;3-1-2-4/h3H,1H2,2H3;2H2,1H3,(H,4,5);3-4H,1-2H2. The van der Waals surface area contributed by atoms with Gasteiger partial charge in [0.15, 0.2) is 0 Å². The first-order chi connectivity index (χ1) is 6.95. The molecule has 0 aromatic rings. The smallest absolute Gasteiger partial charge is 0.307 e. The average Bonchev–Trinajstić information content (AvgIpc) is 2.19. The molecule has 6 heteroatoms. The number of carbonyl (C=O) groups excluding carboxylic acids is 1. The Morgan fingerprint density at radius 1 is 1.33 bits per heavy atom. The van der Waals surface area contributed by atoms with Gasteiger partial charge in [-0.05, 0) is 0 Å². The zero-order chi connectivity index (χ0) is 12.7. The van der Waals surface area contributed by atoms with Crippen LogP contribution in [0.15, 0.2) is 12.8 Å². The van der Waals surface area contributed by atoms with Gasteiger partial charge in [0.25, 0.3) is 0 Å². The second-order valence-corrected chi connectivity index (χ2v) is 1.97. The molecule has 0 amide bonds. The molecule has 15 heavy (non-hydrogen) atoms. The van der Waals surface area contributed by atoms with E-state index in [9.17, 15) is 9.59 Å². The molecule has 0 fully saturated rings. The molecule has 0 aliphatic heterocycles. The minimum absolute atomic E-state index is 0.125. The highest BCUT2D eigenvalue weighted by Crippen LogP contribution is 1.70. The van der Waals surface area contributed by atoms with Crippen molar-refractivity contribution in [3.05, 3.63) is 12.8 Å². The molecule has 0 aromatic carbocycles. The van der Waals surface area contributed by atoms with Gasteiger partial charge in [-0.1, -0.05) is 13.5 Å². The Morgan fingerprint density at radius 3 is 1.67 bits per heavy atom. The largest absolute Gasteiger partial charge is 0.481 e. The number of hydrogen-bond donors (Lipinski definition) is 3. The molecule has 90 valence electrons. The van der Waals surface area contributed by atoms with Crippen LogP contribution in [0.4, 0.5) is 0 Å². The molecule has 0 spiro atoms. The number of aliphatic carboxylic acids is 1. The number of rotatable bonds is 3. The quantitative estimate of drug-likeness (QED) is 0.463. The van der Waals surface area contributed by atoms with Crippen molar-refractivity contribution in [2.45, 2.75) is 20.3 Å². The van der Waals surface area contributed by atoms with Crippen molar-refractivity contribution >= 4 is 11.9 Å². The van der Waals surface area contributed by atoms with Gasteiger partial charge in [-0.3, -0.25) is 9.59 Å². The van der Waals surface area contributed by atoms with Crippen LogP contribution in [-0.2, 0) is 14.3 Å². The Bertz CT molecular complexity index is 164. The number of esters is 1. The molecule has 0 unspecified atom stereocenters. The van der Waals surface area contributed by atoms with Crippen molar-refractivity contribution in [1.29, 1.82) is 0 Å². The number of ether oxygens (including phenoxy) is 1. The molecular weight excluding hydrogens is 204 g/mol. The molecule has 0 heterocycles. The molecule has 0 bridgehead atoms. The van der Waals surface area contributed by atoms with Crippen LogP contribution in [0.25, 0.3) is 0 Å². The topological polar surface area (TPSA) is 104 Å². The van der Waals surface area contributed by atoms with E-state index in [4.69, 9.17) is 15.3 Å². The maximum absolute atomic E-state index is 9.75. The van der Waals surface area contributed by atoms with E-state index in [2.05, 4.69) is 11.3 Å². The van der Waals surface area contributed by atoms with Crippen molar-refractivity contribution < 1.29 is 29.6 Å². The highest BCUT2D eigenvalue weighted by atomic mass is 16.5. The summed E-state index contributed by atoms with van der Waals surface area (Å²) in [6, 6.07) is 0. The summed E-state index contributed by atoms with van der Waals surface area (Å²) in [5.41, 5.74) is 0. The van der Waals surface area contributed by atoms with Gasteiger partial charge in [-0.25, -0.2) is 0 Å². The summed E-state index contributed by atoms with van der Waals surface area (Å²) < 4.78 is 4.17. The average molecular weight is 222 g/mol. The van der Waals surface area contributed by atoms with Crippen LogP contribution in [0.3, 0.4) is 0 Å². The monoisotopic (exact) mass is 222 g/mol. The van der Waals surface area contributed by atoms with Crippen molar-refractivity contribution in [2.24, 2.45) is 0 Å². The molecule has 0 atom stereocenters. The second-order valence-electron chi connectivity index (χ2n) is 1.97. The lowest BCUT2D eigenvalue weighted by Gasteiger charge is -1.83. The highest BCUT2D eigenvalue weighted by molar-refractivity contribution is 5.66. The summed E-state index contributed by atoms with van der Waals surface area (Å²) in [6.07, 6.45) is 1.32. The number of carbonyl (C=O) groups is 2. The molecule has 6 nitrogen and oxygen atoms in total. The third kappa shape index (κ3) is 66.9. The third-order valence-corrected chi connectivity index (χ3v) is 0.652. The van der Waals surface area contributed by atoms with E-state index in [1.807, 2.05) is 0 Å². The molecule has 0 aromatic heterocycles. The first-order valence-electron chi connectivity index (χ1n) is 4.17. The Labute approximate surface area is 88.8 Å². The highest BCUT2D eigenvalue weighted by Gasteiger charge is 1.81. The first kappa shape index (κ1) is 19.2. The third-order valence-electron chi connectivity index (χ3n) is 0.652. The summed E-state index contributed by atoms with van der Waals surface area (Å²) in [5, 5.41) is 23.0. The van der Waals surface area contributed by atoms with Crippen LogP contribution in [0.2, 0.25) is 0 Å². The normalized spacial score (nSPS) is 7.20.